The Balaban J connectivity index is 1.84. The minimum absolute atomic E-state index is 0.0294. The molecule has 0 saturated carbocycles. The molecule has 0 bridgehead atoms. The lowest BCUT2D eigenvalue weighted by atomic mass is 9.94. The molecule has 0 N–H and O–H groups in total. The van der Waals surface area contributed by atoms with Crippen molar-refractivity contribution in [1.82, 2.24) is 0 Å². The molecular weight excluding hydrogens is 396 g/mol. The number of ketones is 1. The quantitative estimate of drug-likeness (QED) is 0.338. The molecule has 3 aromatic carbocycles. The average molecular weight is 421 g/mol. The van der Waals surface area contributed by atoms with Crippen LogP contribution in [0.4, 0.5) is 0 Å². The molecule has 0 heterocycles. The SMILES string of the molecule is CC(=O)O/C(C/C=C/c1ccccc1)=C1/CC(=O)C(c2ccccc2)=C1c1ccccc1. The molecule has 3 heteroatoms. The summed E-state index contributed by atoms with van der Waals surface area (Å²) in [6.07, 6.45) is 4.57. The third-order valence-corrected chi connectivity index (χ3v) is 5.31. The van der Waals surface area contributed by atoms with Crippen molar-refractivity contribution in [2.75, 3.05) is 0 Å². The third kappa shape index (κ3) is 4.84. The van der Waals surface area contributed by atoms with Crippen LogP contribution < -0.4 is 0 Å². The van der Waals surface area contributed by atoms with Gasteiger partial charge in [0.2, 0.25) is 0 Å². The summed E-state index contributed by atoms with van der Waals surface area (Å²) in [6, 6.07) is 29.4. The second-order valence-electron chi connectivity index (χ2n) is 7.59. The third-order valence-electron chi connectivity index (χ3n) is 5.31. The first-order valence-corrected chi connectivity index (χ1v) is 10.6. The van der Waals surface area contributed by atoms with Crippen molar-refractivity contribution in [2.45, 2.75) is 19.8 Å². The van der Waals surface area contributed by atoms with Gasteiger partial charge in [-0.15, -0.1) is 0 Å². The van der Waals surface area contributed by atoms with Crippen molar-refractivity contribution in [3.63, 3.8) is 0 Å². The summed E-state index contributed by atoms with van der Waals surface area (Å²) in [4.78, 5) is 25.1. The van der Waals surface area contributed by atoms with Crippen molar-refractivity contribution in [2.24, 2.45) is 0 Å². The smallest absolute Gasteiger partial charge is 0.307 e. The maximum atomic E-state index is 13.2. The van der Waals surface area contributed by atoms with Gasteiger partial charge < -0.3 is 4.74 Å². The van der Waals surface area contributed by atoms with E-state index in [0.717, 1.165) is 27.8 Å². The topological polar surface area (TPSA) is 43.4 Å². The molecule has 0 spiro atoms. The number of esters is 1. The Kier molecular flexibility index (Phi) is 6.57. The zero-order valence-electron chi connectivity index (χ0n) is 18.0. The fraction of sp³-hybridized carbons (Fsp3) is 0.103. The van der Waals surface area contributed by atoms with E-state index in [1.165, 1.54) is 6.92 Å². The molecule has 4 rings (SSSR count). The fourth-order valence-electron chi connectivity index (χ4n) is 3.97. The highest BCUT2D eigenvalue weighted by molar-refractivity contribution is 6.35. The van der Waals surface area contributed by atoms with Crippen LogP contribution in [0.3, 0.4) is 0 Å². The van der Waals surface area contributed by atoms with E-state index in [9.17, 15) is 9.59 Å². The Labute approximate surface area is 188 Å². The lowest BCUT2D eigenvalue weighted by Crippen LogP contribution is -2.03. The first-order chi connectivity index (χ1) is 15.6. The summed E-state index contributed by atoms with van der Waals surface area (Å²) in [5.74, 6) is 0.151. The van der Waals surface area contributed by atoms with Crippen LogP contribution in [0.25, 0.3) is 17.2 Å². The lowest BCUT2D eigenvalue weighted by molar-refractivity contribution is -0.137. The maximum Gasteiger partial charge on any atom is 0.307 e. The first kappa shape index (κ1) is 21.3. The monoisotopic (exact) mass is 420 g/mol. The number of ether oxygens (including phenoxy) is 1. The van der Waals surface area contributed by atoms with E-state index < -0.39 is 5.97 Å². The van der Waals surface area contributed by atoms with Gasteiger partial charge in [-0.05, 0) is 16.7 Å². The molecule has 1 aliphatic rings. The number of benzene rings is 3. The van der Waals surface area contributed by atoms with Crippen molar-refractivity contribution in [3.8, 4) is 0 Å². The molecule has 0 saturated heterocycles. The highest BCUT2D eigenvalue weighted by Gasteiger charge is 2.32. The number of allylic oxidation sites excluding steroid dienone is 4. The van der Waals surface area contributed by atoms with Crippen LogP contribution in [0.15, 0.2) is 108 Å². The number of rotatable bonds is 6. The number of carbonyl (C=O) groups excluding carboxylic acids is 2. The van der Waals surface area contributed by atoms with E-state index in [-0.39, 0.29) is 12.2 Å². The van der Waals surface area contributed by atoms with Gasteiger partial charge in [0.05, 0.1) is 0 Å². The van der Waals surface area contributed by atoms with Gasteiger partial charge in [-0.3, -0.25) is 9.59 Å². The summed E-state index contributed by atoms with van der Waals surface area (Å²) in [5, 5.41) is 0. The Hall–Kier alpha value is -3.98. The van der Waals surface area contributed by atoms with Gasteiger partial charge in [0, 0.05) is 36.5 Å². The lowest BCUT2D eigenvalue weighted by Gasteiger charge is -2.14. The van der Waals surface area contributed by atoms with Crippen molar-refractivity contribution >= 4 is 29.0 Å². The molecule has 0 atom stereocenters. The number of hydrogen-bond acceptors (Lipinski definition) is 3. The van der Waals surface area contributed by atoms with Gasteiger partial charge in [0.25, 0.3) is 0 Å². The Morgan fingerprint density at radius 3 is 1.91 bits per heavy atom. The van der Waals surface area contributed by atoms with E-state index in [0.29, 0.717) is 17.8 Å². The molecule has 3 nitrogen and oxygen atoms in total. The normalized spacial score (nSPS) is 15.3. The van der Waals surface area contributed by atoms with Crippen LogP contribution in [0.1, 0.15) is 36.5 Å². The van der Waals surface area contributed by atoms with Gasteiger partial charge in [-0.2, -0.15) is 0 Å². The summed E-state index contributed by atoms with van der Waals surface area (Å²) in [5.41, 5.74) is 5.14. The van der Waals surface area contributed by atoms with Crippen LogP contribution in [-0.2, 0) is 14.3 Å². The van der Waals surface area contributed by atoms with Gasteiger partial charge in [-0.25, -0.2) is 0 Å². The van der Waals surface area contributed by atoms with E-state index in [4.69, 9.17) is 4.74 Å². The zero-order chi connectivity index (χ0) is 22.3. The molecule has 1 aliphatic carbocycles. The number of carbonyl (C=O) groups is 2. The largest absolute Gasteiger partial charge is 0.431 e. The number of Topliss-reactive ketones (excluding diaryl/α,β-unsaturated/α-hetero) is 1. The average Bonchev–Trinajstić information content (AvgIpc) is 3.17. The molecule has 0 radical (unpaired) electrons. The number of hydrogen-bond donors (Lipinski definition) is 0. The fourth-order valence-corrected chi connectivity index (χ4v) is 3.97. The standard InChI is InChI=1S/C29H24O3/c1-21(30)32-27(19-11-14-22-12-5-2-6-13-22)25-20-26(31)29(24-17-9-4-10-18-24)28(25)23-15-7-3-8-16-23/h2-18H,19-20H2,1H3/b14-11+,27-25-. The van der Waals surface area contributed by atoms with Crippen LogP contribution in [0.2, 0.25) is 0 Å². The molecule has 3 aromatic rings. The van der Waals surface area contributed by atoms with Gasteiger partial charge >= 0.3 is 5.97 Å². The van der Waals surface area contributed by atoms with E-state index in [1.807, 2.05) is 103 Å². The molecular formula is C29H24O3. The Morgan fingerprint density at radius 1 is 0.812 bits per heavy atom. The molecule has 32 heavy (non-hydrogen) atoms. The first-order valence-electron chi connectivity index (χ1n) is 10.6. The molecule has 158 valence electrons. The Morgan fingerprint density at radius 2 is 1.34 bits per heavy atom. The van der Waals surface area contributed by atoms with Crippen molar-refractivity contribution in [3.05, 3.63) is 125 Å². The second-order valence-corrected chi connectivity index (χ2v) is 7.59. The van der Waals surface area contributed by atoms with Crippen LogP contribution in [0.5, 0.6) is 0 Å². The highest BCUT2D eigenvalue weighted by atomic mass is 16.5. The molecule has 0 aromatic heterocycles. The molecule has 0 amide bonds. The van der Waals surface area contributed by atoms with E-state index in [2.05, 4.69) is 0 Å². The second kappa shape index (κ2) is 9.88. The Bertz CT molecular complexity index is 1200. The summed E-state index contributed by atoms with van der Waals surface area (Å²) in [7, 11) is 0. The summed E-state index contributed by atoms with van der Waals surface area (Å²) >= 11 is 0. The predicted octanol–water partition coefficient (Wildman–Crippen LogP) is 6.49. The highest BCUT2D eigenvalue weighted by Crippen LogP contribution is 2.43. The minimum atomic E-state index is -0.395. The molecule has 0 fully saturated rings. The molecule has 0 aliphatic heterocycles. The zero-order valence-corrected chi connectivity index (χ0v) is 18.0. The van der Waals surface area contributed by atoms with Gasteiger partial charge in [0.15, 0.2) is 5.78 Å². The van der Waals surface area contributed by atoms with E-state index >= 15 is 0 Å². The van der Waals surface area contributed by atoms with Gasteiger partial charge in [0.1, 0.15) is 5.76 Å². The summed E-state index contributed by atoms with van der Waals surface area (Å²) < 4.78 is 5.66. The van der Waals surface area contributed by atoms with Crippen LogP contribution in [0, 0.1) is 0 Å². The molecule has 0 unspecified atom stereocenters. The van der Waals surface area contributed by atoms with Crippen LogP contribution >= 0.6 is 0 Å². The van der Waals surface area contributed by atoms with Crippen LogP contribution in [-0.4, -0.2) is 11.8 Å². The summed E-state index contributed by atoms with van der Waals surface area (Å²) in [6.45, 7) is 1.39. The van der Waals surface area contributed by atoms with Crippen molar-refractivity contribution < 1.29 is 14.3 Å². The minimum Gasteiger partial charge on any atom is -0.431 e. The maximum absolute atomic E-state index is 13.2. The van der Waals surface area contributed by atoms with Crippen molar-refractivity contribution in [1.29, 1.82) is 0 Å². The predicted molar refractivity (Wildman–Crippen MR) is 128 cm³/mol. The van der Waals surface area contributed by atoms with Gasteiger partial charge in [-0.1, -0.05) is 103 Å². The van der Waals surface area contributed by atoms with E-state index in [1.54, 1.807) is 0 Å².